The first-order valence-electron chi connectivity index (χ1n) is 12.4. The molecule has 0 atom stereocenters. The number of hydrogen-bond acceptors (Lipinski definition) is 3. The molecule has 1 aliphatic heterocycles. The normalized spacial score (nSPS) is 14.4. The Hall–Kier alpha value is -2.40. The third-order valence-electron chi connectivity index (χ3n) is 5.95. The third kappa shape index (κ3) is 8.47. The van der Waals surface area contributed by atoms with Crippen LogP contribution in [0.1, 0.15) is 69.3 Å². The largest absolute Gasteiger partial charge is 0.293 e. The second kappa shape index (κ2) is 12.7. The Labute approximate surface area is 201 Å². The predicted octanol–water partition coefficient (Wildman–Crippen LogP) is 5.91. The van der Waals surface area contributed by atoms with E-state index in [1.165, 1.54) is 41.5 Å². The molecule has 182 valence electrons. The Bertz CT molecular complexity index is 928. The van der Waals surface area contributed by atoms with Crippen LogP contribution in [-0.2, 0) is 11.3 Å². The van der Waals surface area contributed by atoms with Gasteiger partial charge in [0.15, 0.2) is 5.82 Å². The molecule has 2 heterocycles. The van der Waals surface area contributed by atoms with Crippen LogP contribution < -0.4 is 4.90 Å². The molecule has 1 saturated heterocycles. The van der Waals surface area contributed by atoms with Crippen LogP contribution >= 0.6 is 0 Å². The minimum Gasteiger partial charge on any atom is -0.293 e. The number of aromatic nitrogens is 2. The first-order chi connectivity index (χ1) is 15.6. The summed E-state index contributed by atoms with van der Waals surface area (Å²) in [5, 5.41) is 4.74. The molecule has 5 heteroatoms. The summed E-state index contributed by atoms with van der Waals surface area (Å²) < 4.78 is 2.00. The van der Waals surface area contributed by atoms with E-state index in [-0.39, 0.29) is 5.91 Å². The first kappa shape index (κ1) is 26.8. The van der Waals surface area contributed by atoms with Crippen molar-refractivity contribution in [1.82, 2.24) is 14.7 Å². The van der Waals surface area contributed by atoms with Crippen LogP contribution in [-0.4, -0.2) is 46.8 Å². The summed E-state index contributed by atoms with van der Waals surface area (Å²) in [6.07, 6.45) is 3.79. The molecule has 1 amide bonds. The quantitative estimate of drug-likeness (QED) is 0.467. The number of nitrogens with zero attached hydrogens (tertiary/aromatic N) is 4. The van der Waals surface area contributed by atoms with Crippen LogP contribution in [0.3, 0.4) is 0 Å². The fourth-order valence-corrected chi connectivity index (χ4v) is 4.03. The van der Waals surface area contributed by atoms with E-state index in [2.05, 4.69) is 78.1 Å². The lowest BCUT2D eigenvalue weighted by Crippen LogP contribution is -2.51. The maximum Gasteiger partial charge on any atom is 0.242 e. The molecule has 0 bridgehead atoms. The van der Waals surface area contributed by atoms with Crippen molar-refractivity contribution in [2.75, 3.05) is 31.1 Å². The Morgan fingerprint density at radius 3 is 2.45 bits per heavy atom. The van der Waals surface area contributed by atoms with Crippen molar-refractivity contribution in [2.45, 2.75) is 74.3 Å². The van der Waals surface area contributed by atoms with Crippen molar-refractivity contribution in [3.63, 3.8) is 0 Å². The number of amides is 1. The average Bonchev–Trinajstić information content (AvgIpc) is 3.09. The number of rotatable bonds is 8. The monoisotopic (exact) mass is 452 g/mol. The minimum absolute atomic E-state index is 0.147. The van der Waals surface area contributed by atoms with Crippen LogP contribution in [0.4, 0.5) is 5.82 Å². The van der Waals surface area contributed by atoms with Gasteiger partial charge in [0.2, 0.25) is 5.91 Å². The number of allylic oxidation sites excluding steroid dienone is 1. The fourth-order valence-electron chi connectivity index (χ4n) is 4.03. The van der Waals surface area contributed by atoms with Gasteiger partial charge < -0.3 is 0 Å². The van der Waals surface area contributed by atoms with E-state index in [0.29, 0.717) is 19.0 Å². The number of carbonyl (C=O) groups excluding carboxylic acids is 1. The molecule has 0 aliphatic carbocycles. The molecule has 3 rings (SSSR count). The number of anilines is 1. The smallest absolute Gasteiger partial charge is 0.242 e. The zero-order chi connectivity index (χ0) is 24.5. The predicted molar refractivity (Wildman–Crippen MR) is 140 cm³/mol. The lowest BCUT2D eigenvalue weighted by Gasteiger charge is -2.33. The number of carbonyl (C=O) groups is 1. The summed E-state index contributed by atoms with van der Waals surface area (Å²) in [6.45, 7) is 22.6. The van der Waals surface area contributed by atoms with Crippen molar-refractivity contribution in [3.05, 3.63) is 58.8 Å². The van der Waals surface area contributed by atoms with Gasteiger partial charge in [-0.1, -0.05) is 56.5 Å². The molecule has 0 N–H and O–H groups in total. The number of unbranched alkanes of at least 4 members (excludes halogenated alkanes) is 1. The van der Waals surface area contributed by atoms with Gasteiger partial charge in [0, 0.05) is 31.4 Å². The molecule has 0 radical (unpaired) electrons. The van der Waals surface area contributed by atoms with Crippen molar-refractivity contribution < 1.29 is 4.79 Å². The van der Waals surface area contributed by atoms with Crippen molar-refractivity contribution in [3.8, 4) is 0 Å². The fraction of sp³-hybridized carbons (Fsp3) is 0.571. The van der Waals surface area contributed by atoms with Gasteiger partial charge in [-0.3, -0.25) is 19.3 Å². The van der Waals surface area contributed by atoms with E-state index in [0.717, 1.165) is 31.1 Å². The van der Waals surface area contributed by atoms with Gasteiger partial charge in [-0.2, -0.15) is 5.10 Å². The number of aryl methyl sites for hydroxylation is 3. The van der Waals surface area contributed by atoms with Gasteiger partial charge in [0.25, 0.3) is 0 Å². The highest BCUT2D eigenvalue weighted by Crippen LogP contribution is 2.20. The van der Waals surface area contributed by atoms with Crippen LogP contribution in [0.5, 0.6) is 0 Å². The summed E-state index contributed by atoms with van der Waals surface area (Å²) >= 11 is 0. The highest BCUT2D eigenvalue weighted by atomic mass is 16.2. The molecule has 1 aromatic carbocycles. The van der Waals surface area contributed by atoms with Gasteiger partial charge in [0.05, 0.1) is 13.1 Å². The SMILES string of the molecule is C=C(C)CCCC.Cc1ccc(C)c(Cn2nc(N3CCN(CC(C)C)CC3=O)cc2C)c1. The molecule has 0 spiro atoms. The number of piperazine rings is 1. The maximum atomic E-state index is 12.6. The standard InChI is InChI=1S/C21H30N4O.C7H14/c1-15(2)12-23-8-9-24(21(26)14-23)20-11-18(5)25(22-20)13-19-10-16(3)6-7-17(19)4;1-4-5-6-7(2)3/h6-7,10-11,15H,8-9,12-14H2,1-5H3;2,4-6H2,1,3H3. The van der Waals surface area contributed by atoms with E-state index in [9.17, 15) is 4.79 Å². The second-order valence-corrected chi connectivity index (χ2v) is 9.97. The van der Waals surface area contributed by atoms with Crippen LogP contribution in [0, 0.1) is 26.7 Å². The molecule has 5 nitrogen and oxygen atoms in total. The van der Waals surface area contributed by atoms with E-state index < -0.39 is 0 Å². The molecule has 2 aromatic rings. The second-order valence-electron chi connectivity index (χ2n) is 9.97. The summed E-state index contributed by atoms with van der Waals surface area (Å²) in [4.78, 5) is 16.7. The summed E-state index contributed by atoms with van der Waals surface area (Å²) in [5.41, 5.74) is 6.19. The zero-order valence-corrected chi connectivity index (χ0v) is 21.9. The van der Waals surface area contributed by atoms with Gasteiger partial charge >= 0.3 is 0 Å². The van der Waals surface area contributed by atoms with E-state index in [1.807, 2.05) is 15.6 Å². The van der Waals surface area contributed by atoms with Crippen molar-refractivity contribution in [2.24, 2.45) is 5.92 Å². The van der Waals surface area contributed by atoms with Crippen LogP contribution in [0.25, 0.3) is 0 Å². The van der Waals surface area contributed by atoms with Gasteiger partial charge in [-0.15, -0.1) is 6.58 Å². The minimum atomic E-state index is 0.147. The molecule has 0 saturated carbocycles. The van der Waals surface area contributed by atoms with Crippen LogP contribution in [0.15, 0.2) is 36.4 Å². The van der Waals surface area contributed by atoms with E-state index in [4.69, 9.17) is 5.10 Å². The summed E-state index contributed by atoms with van der Waals surface area (Å²) in [7, 11) is 0. The molecule has 1 aliphatic rings. The highest BCUT2D eigenvalue weighted by Gasteiger charge is 2.27. The summed E-state index contributed by atoms with van der Waals surface area (Å²) in [5.74, 6) is 1.50. The first-order valence-corrected chi connectivity index (χ1v) is 12.4. The molecular weight excluding hydrogens is 408 g/mol. The van der Waals surface area contributed by atoms with Gasteiger partial charge in [-0.05, 0) is 57.6 Å². The molecule has 33 heavy (non-hydrogen) atoms. The Kier molecular flexibility index (Phi) is 10.4. The molecule has 1 aromatic heterocycles. The van der Waals surface area contributed by atoms with E-state index in [1.54, 1.807) is 0 Å². The highest BCUT2D eigenvalue weighted by molar-refractivity contribution is 5.94. The van der Waals surface area contributed by atoms with Crippen molar-refractivity contribution in [1.29, 1.82) is 0 Å². The van der Waals surface area contributed by atoms with Gasteiger partial charge in [0.1, 0.15) is 0 Å². The lowest BCUT2D eigenvalue weighted by molar-refractivity contribution is -0.121. The number of hydrogen-bond donors (Lipinski definition) is 0. The third-order valence-corrected chi connectivity index (χ3v) is 5.95. The van der Waals surface area contributed by atoms with Crippen LogP contribution in [0.2, 0.25) is 0 Å². The Morgan fingerprint density at radius 1 is 1.15 bits per heavy atom. The molecule has 1 fully saturated rings. The number of benzene rings is 1. The average molecular weight is 453 g/mol. The van der Waals surface area contributed by atoms with E-state index >= 15 is 0 Å². The summed E-state index contributed by atoms with van der Waals surface area (Å²) in [6, 6.07) is 8.53. The molecule has 0 unspecified atom stereocenters. The zero-order valence-electron chi connectivity index (χ0n) is 21.9. The Balaban J connectivity index is 0.000000479. The maximum absolute atomic E-state index is 12.6. The molecular formula is C28H44N4O. The van der Waals surface area contributed by atoms with Crippen molar-refractivity contribution >= 4 is 11.7 Å². The lowest BCUT2D eigenvalue weighted by atomic mass is 10.1. The Morgan fingerprint density at radius 2 is 1.88 bits per heavy atom. The van der Waals surface area contributed by atoms with Gasteiger partial charge in [-0.25, -0.2) is 0 Å². The topological polar surface area (TPSA) is 41.4 Å².